The fourth-order valence-electron chi connectivity index (χ4n) is 1.83. The quantitative estimate of drug-likeness (QED) is 0.738. The van der Waals surface area contributed by atoms with Crippen LogP contribution in [0.25, 0.3) is 11.3 Å². The molecular weight excluding hydrogens is 214 g/mol. The maximum Gasteiger partial charge on any atom is 0.223 e. The van der Waals surface area contributed by atoms with Crippen molar-refractivity contribution in [3.05, 3.63) is 36.0 Å². The molecule has 88 valence electrons. The Morgan fingerprint density at radius 2 is 2.24 bits per heavy atom. The molecule has 3 N–H and O–H groups in total. The van der Waals surface area contributed by atoms with Crippen LogP contribution in [0.2, 0.25) is 0 Å². The van der Waals surface area contributed by atoms with Crippen molar-refractivity contribution in [2.24, 2.45) is 5.92 Å². The van der Waals surface area contributed by atoms with Gasteiger partial charge in [-0.05, 0) is 24.5 Å². The van der Waals surface area contributed by atoms with E-state index in [0.717, 1.165) is 29.7 Å². The number of benzene rings is 1. The van der Waals surface area contributed by atoms with Crippen LogP contribution in [-0.2, 0) is 11.3 Å². The van der Waals surface area contributed by atoms with Crippen molar-refractivity contribution in [3.8, 4) is 11.3 Å². The monoisotopic (exact) mass is 229 g/mol. The van der Waals surface area contributed by atoms with Crippen LogP contribution in [-0.4, -0.2) is 16.1 Å². The minimum Gasteiger partial charge on any atom is -0.352 e. The second kappa shape index (κ2) is 4.13. The molecule has 4 nitrogen and oxygen atoms in total. The number of carbonyl (C=O) groups excluding carboxylic acids is 1. The third-order valence-electron chi connectivity index (χ3n) is 3.08. The summed E-state index contributed by atoms with van der Waals surface area (Å²) in [5.74, 6) is 0.469. The summed E-state index contributed by atoms with van der Waals surface area (Å²) in [7, 11) is 0. The number of amides is 1. The van der Waals surface area contributed by atoms with E-state index in [1.807, 2.05) is 24.4 Å². The molecule has 2 aromatic rings. The SMILES string of the molecule is O=C(NCc1cccc(-c2c[nH][nH]2)c1)C1CC1. The zero-order valence-electron chi connectivity index (χ0n) is 9.49. The zero-order chi connectivity index (χ0) is 11.7. The summed E-state index contributed by atoms with van der Waals surface area (Å²) < 4.78 is 0. The van der Waals surface area contributed by atoms with Crippen molar-refractivity contribution in [2.45, 2.75) is 19.4 Å². The summed E-state index contributed by atoms with van der Waals surface area (Å²) in [4.78, 5) is 11.5. The third-order valence-corrected chi connectivity index (χ3v) is 3.08. The predicted octanol–water partition coefficient (Wildman–Crippen LogP) is 2.04. The smallest absolute Gasteiger partial charge is 0.223 e. The van der Waals surface area contributed by atoms with Gasteiger partial charge >= 0.3 is 0 Å². The molecule has 0 atom stereocenters. The molecule has 1 aromatic heterocycles. The first kappa shape index (κ1) is 10.2. The molecule has 1 heterocycles. The van der Waals surface area contributed by atoms with E-state index in [-0.39, 0.29) is 11.8 Å². The number of rotatable bonds is 4. The number of aromatic nitrogens is 2. The second-order valence-electron chi connectivity index (χ2n) is 4.52. The molecule has 0 radical (unpaired) electrons. The molecule has 17 heavy (non-hydrogen) atoms. The van der Waals surface area contributed by atoms with Gasteiger partial charge in [0.2, 0.25) is 5.91 Å². The van der Waals surface area contributed by atoms with Gasteiger partial charge in [0.05, 0.1) is 5.69 Å². The Labute approximate surface area is 99.4 Å². The van der Waals surface area contributed by atoms with Crippen LogP contribution in [0.1, 0.15) is 18.4 Å². The van der Waals surface area contributed by atoms with Gasteiger partial charge in [-0.3, -0.25) is 9.89 Å². The minimum absolute atomic E-state index is 0.193. The summed E-state index contributed by atoms with van der Waals surface area (Å²) in [5, 5.41) is 8.85. The maximum atomic E-state index is 11.5. The highest BCUT2D eigenvalue weighted by Crippen LogP contribution is 2.28. The van der Waals surface area contributed by atoms with Gasteiger partial charge in [0, 0.05) is 24.2 Å². The van der Waals surface area contributed by atoms with Gasteiger partial charge in [0.1, 0.15) is 0 Å². The zero-order valence-corrected chi connectivity index (χ0v) is 9.49. The van der Waals surface area contributed by atoms with E-state index in [2.05, 4.69) is 21.6 Å². The lowest BCUT2D eigenvalue weighted by Crippen LogP contribution is -2.24. The first-order chi connectivity index (χ1) is 8.33. The van der Waals surface area contributed by atoms with Gasteiger partial charge < -0.3 is 10.4 Å². The molecule has 0 aliphatic heterocycles. The number of hydrogen-bond acceptors (Lipinski definition) is 1. The molecule has 4 heteroatoms. The summed E-state index contributed by atoms with van der Waals surface area (Å²) in [6, 6.07) is 8.18. The highest BCUT2D eigenvalue weighted by Gasteiger charge is 2.29. The molecule has 1 amide bonds. The molecule has 0 bridgehead atoms. The molecule has 1 aliphatic rings. The molecule has 1 saturated carbocycles. The standard InChI is InChI=1S/C13H15N3O/c17-13(10-4-5-10)14-7-9-2-1-3-11(6-9)12-8-15-16-12/h1-3,6,8,10,15-16H,4-5,7H2,(H,14,17). The summed E-state index contributed by atoms with van der Waals surface area (Å²) >= 11 is 0. The van der Waals surface area contributed by atoms with E-state index in [0.29, 0.717) is 6.54 Å². The van der Waals surface area contributed by atoms with Gasteiger partial charge in [-0.1, -0.05) is 18.2 Å². The van der Waals surface area contributed by atoms with Crippen LogP contribution >= 0.6 is 0 Å². The van der Waals surface area contributed by atoms with Crippen molar-refractivity contribution in [3.63, 3.8) is 0 Å². The average Bonchev–Trinajstić information content (AvgIpc) is 3.08. The van der Waals surface area contributed by atoms with E-state index < -0.39 is 0 Å². The topological polar surface area (TPSA) is 60.7 Å². The molecule has 0 saturated heterocycles. The molecule has 0 spiro atoms. The molecule has 1 aliphatic carbocycles. The first-order valence-corrected chi connectivity index (χ1v) is 5.92. The summed E-state index contributed by atoms with van der Waals surface area (Å²) in [5.41, 5.74) is 3.35. The molecule has 1 aromatic carbocycles. The lowest BCUT2D eigenvalue weighted by Gasteiger charge is -2.08. The van der Waals surface area contributed by atoms with Crippen molar-refractivity contribution in [1.82, 2.24) is 15.5 Å². The lowest BCUT2D eigenvalue weighted by atomic mass is 10.1. The fraction of sp³-hybridized carbons (Fsp3) is 0.308. The maximum absolute atomic E-state index is 11.5. The van der Waals surface area contributed by atoms with Crippen LogP contribution < -0.4 is 5.32 Å². The number of aromatic amines is 2. The van der Waals surface area contributed by atoms with Gasteiger partial charge in [0.15, 0.2) is 0 Å². The molecule has 1 fully saturated rings. The Morgan fingerprint density at radius 3 is 2.88 bits per heavy atom. The highest BCUT2D eigenvalue weighted by atomic mass is 16.2. The van der Waals surface area contributed by atoms with E-state index in [1.54, 1.807) is 0 Å². The number of hydrogen-bond donors (Lipinski definition) is 3. The van der Waals surface area contributed by atoms with Gasteiger partial charge in [-0.25, -0.2) is 0 Å². The second-order valence-corrected chi connectivity index (χ2v) is 4.52. The van der Waals surface area contributed by atoms with Crippen LogP contribution in [0, 0.1) is 5.92 Å². The van der Waals surface area contributed by atoms with Gasteiger partial charge in [-0.15, -0.1) is 0 Å². The van der Waals surface area contributed by atoms with E-state index >= 15 is 0 Å². The van der Waals surface area contributed by atoms with E-state index in [1.165, 1.54) is 0 Å². The Balaban J connectivity index is 1.65. The average molecular weight is 229 g/mol. The van der Waals surface area contributed by atoms with Crippen LogP contribution in [0.5, 0.6) is 0 Å². The van der Waals surface area contributed by atoms with Crippen LogP contribution in [0.3, 0.4) is 0 Å². The van der Waals surface area contributed by atoms with E-state index in [9.17, 15) is 4.79 Å². The Bertz CT molecular complexity index is 513. The third kappa shape index (κ3) is 2.25. The van der Waals surface area contributed by atoms with E-state index in [4.69, 9.17) is 0 Å². The molecular formula is C13H15N3O. The lowest BCUT2D eigenvalue weighted by molar-refractivity contribution is -0.122. The normalized spacial score (nSPS) is 14.8. The van der Waals surface area contributed by atoms with Crippen molar-refractivity contribution in [1.29, 1.82) is 0 Å². The Kier molecular flexibility index (Phi) is 2.48. The van der Waals surface area contributed by atoms with Gasteiger partial charge in [-0.2, -0.15) is 0 Å². The summed E-state index contributed by atoms with van der Waals surface area (Å²) in [6.45, 7) is 0.615. The van der Waals surface area contributed by atoms with Gasteiger partial charge in [0.25, 0.3) is 0 Å². The van der Waals surface area contributed by atoms with Crippen molar-refractivity contribution in [2.75, 3.05) is 0 Å². The van der Waals surface area contributed by atoms with Crippen LogP contribution in [0.4, 0.5) is 0 Å². The predicted molar refractivity (Wildman–Crippen MR) is 65.2 cm³/mol. The summed E-state index contributed by atoms with van der Waals surface area (Å²) in [6.07, 6.45) is 4.02. The number of nitrogens with one attached hydrogen (secondary N) is 3. The Morgan fingerprint density at radius 1 is 1.41 bits per heavy atom. The highest BCUT2D eigenvalue weighted by molar-refractivity contribution is 5.80. The number of carbonyl (C=O) groups is 1. The first-order valence-electron chi connectivity index (χ1n) is 5.92. The molecule has 0 unspecified atom stereocenters. The van der Waals surface area contributed by atoms with Crippen molar-refractivity contribution >= 4 is 5.91 Å². The Hall–Kier alpha value is -1.97. The largest absolute Gasteiger partial charge is 0.352 e. The number of H-pyrrole nitrogens is 2. The van der Waals surface area contributed by atoms with Crippen LogP contribution in [0.15, 0.2) is 30.5 Å². The fourth-order valence-corrected chi connectivity index (χ4v) is 1.83. The van der Waals surface area contributed by atoms with Crippen molar-refractivity contribution < 1.29 is 4.79 Å². The minimum atomic E-state index is 0.193. The molecule has 3 rings (SSSR count).